The van der Waals surface area contributed by atoms with Crippen LogP contribution >= 0.6 is 23.2 Å². The highest BCUT2D eigenvalue weighted by Gasteiger charge is 2.19. The largest absolute Gasteiger partial charge is 0.325 e. The summed E-state index contributed by atoms with van der Waals surface area (Å²) in [5, 5.41) is 7.05. The molecular formula is C14H19Cl2N3O. The van der Waals surface area contributed by atoms with Crippen molar-refractivity contribution in [3.05, 3.63) is 28.2 Å². The number of nitrogens with zero attached hydrogens (tertiary/aromatic N) is 1. The molecule has 0 saturated carbocycles. The topological polar surface area (TPSA) is 44.4 Å². The van der Waals surface area contributed by atoms with Crippen LogP contribution in [0.3, 0.4) is 0 Å². The third-order valence-corrected chi connectivity index (χ3v) is 4.31. The Bertz CT molecular complexity index is 473. The molecule has 6 heteroatoms. The first-order valence-electron chi connectivity index (χ1n) is 6.73. The molecule has 1 heterocycles. The van der Waals surface area contributed by atoms with Crippen molar-refractivity contribution in [2.24, 2.45) is 0 Å². The van der Waals surface area contributed by atoms with E-state index in [1.54, 1.807) is 18.2 Å². The fourth-order valence-electron chi connectivity index (χ4n) is 2.36. The van der Waals surface area contributed by atoms with E-state index in [9.17, 15) is 4.79 Å². The number of hydrogen-bond donors (Lipinski definition) is 2. The van der Waals surface area contributed by atoms with Gasteiger partial charge in [-0.2, -0.15) is 0 Å². The number of piperidine rings is 1. The van der Waals surface area contributed by atoms with E-state index in [4.69, 9.17) is 23.2 Å². The van der Waals surface area contributed by atoms with Gasteiger partial charge in [0.15, 0.2) is 0 Å². The van der Waals surface area contributed by atoms with Crippen molar-refractivity contribution in [2.75, 3.05) is 32.0 Å². The lowest BCUT2D eigenvalue weighted by atomic mass is 10.1. The lowest BCUT2D eigenvalue weighted by Crippen LogP contribution is -2.44. The number of nitrogens with one attached hydrogen (secondary N) is 2. The van der Waals surface area contributed by atoms with Crippen LogP contribution < -0.4 is 10.6 Å². The van der Waals surface area contributed by atoms with E-state index in [1.165, 1.54) is 0 Å². The Hall–Kier alpha value is -0.810. The fourth-order valence-corrected chi connectivity index (χ4v) is 2.66. The second-order valence-electron chi connectivity index (χ2n) is 5.02. The summed E-state index contributed by atoms with van der Waals surface area (Å²) in [6, 6.07) is 5.66. The van der Waals surface area contributed by atoms with Crippen LogP contribution in [0.1, 0.15) is 12.8 Å². The van der Waals surface area contributed by atoms with Gasteiger partial charge in [-0.25, -0.2) is 0 Å². The number of anilines is 1. The summed E-state index contributed by atoms with van der Waals surface area (Å²) >= 11 is 11.8. The molecule has 1 aliphatic heterocycles. The summed E-state index contributed by atoms with van der Waals surface area (Å²) in [5.41, 5.74) is 0.675. The van der Waals surface area contributed by atoms with Crippen LogP contribution in [-0.4, -0.2) is 43.5 Å². The molecule has 1 amide bonds. The Labute approximate surface area is 129 Å². The molecule has 0 aromatic heterocycles. The Morgan fingerprint density at radius 2 is 2.00 bits per heavy atom. The van der Waals surface area contributed by atoms with Gasteiger partial charge in [-0.3, -0.25) is 9.69 Å². The summed E-state index contributed by atoms with van der Waals surface area (Å²) in [5.74, 6) is -0.0219. The zero-order valence-electron chi connectivity index (χ0n) is 11.5. The van der Waals surface area contributed by atoms with Crippen molar-refractivity contribution in [2.45, 2.75) is 18.9 Å². The van der Waals surface area contributed by atoms with E-state index >= 15 is 0 Å². The molecule has 0 aliphatic carbocycles. The van der Waals surface area contributed by atoms with Gasteiger partial charge < -0.3 is 10.6 Å². The van der Waals surface area contributed by atoms with Gasteiger partial charge in [-0.1, -0.05) is 23.2 Å². The molecule has 1 fully saturated rings. The number of rotatable bonds is 4. The molecular weight excluding hydrogens is 297 g/mol. The molecule has 0 unspecified atom stereocenters. The lowest BCUT2D eigenvalue weighted by Gasteiger charge is -2.31. The second kappa shape index (κ2) is 7.27. The second-order valence-corrected chi connectivity index (χ2v) is 5.83. The van der Waals surface area contributed by atoms with Gasteiger partial charge in [-0.05, 0) is 38.1 Å². The average Bonchev–Trinajstić information content (AvgIpc) is 2.44. The molecule has 2 rings (SSSR count). The highest BCUT2D eigenvalue weighted by atomic mass is 35.5. The summed E-state index contributed by atoms with van der Waals surface area (Å²) in [6.45, 7) is 2.30. The first-order valence-corrected chi connectivity index (χ1v) is 7.48. The predicted octanol–water partition coefficient (Wildman–Crippen LogP) is 2.62. The molecule has 20 heavy (non-hydrogen) atoms. The maximum Gasteiger partial charge on any atom is 0.238 e. The van der Waals surface area contributed by atoms with Gasteiger partial charge in [0.1, 0.15) is 0 Å². The van der Waals surface area contributed by atoms with Crippen LogP contribution in [0.15, 0.2) is 18.2 Å². The predicted molar refractivity (Wildman–Crippen MR) is 83.6 cm³/mol. The Balaban J connectivity index is 1.82. The summed E-state index contributed by atoms with van der Waals surface area (Å²) < 4.78 is 0. The molecule has 1 aromatic carbocycles. The summed E-state index contributed by atoms with van der Waals surface area (Å²) in [7, 11) is 1.98. The van der Waals surface area contributed by atoms with Crippen LogP contribution in [-0.2, 0) is 4.79 Å². The SMILES string of the molecule is CNC1CCN(CC(=O)Nc2ccc(Cl)c(Cl)c2)CC1. The molecule has 0 atom stereocenters. The number of likely N-dealkylation sites (tertiary alicyclic amines) is 1. The summed E-state index contributed by atoms with van der Waals surface area (Å²) in [6.07, 6.45) is 2.16. The smallest absolute Gasteiger partial charge is 0.238 e. The Kier molecular flexibility index (Phi) is 5.66. The monoisotopic (exact) mass is 315 g/mol. The molecule has 1 aliphatic rings. The summed E-state index contributed by atoms with van der Waals surface area (Å²) in [4.78, 5) is 14.2. The quantitative estimate of drug-likeness (QED) is 0.897. The molecule has 0 spiro atoms. The van der Waals surface area contributed by atoms with Crippen LogP contribution in [0.25, 0.3) is 0 Å². The van der Waals surface area contributed by atoms with Crippen molar-refractivity contribution in [1.29, 1.82) is 0 Å². The van der Waals surface area contributed by atoms with Gasteiger partial charge in [0.25, 0.3) is 0 Å². The fraction of sp³-hybridized carbons (Fsp3) is 0.500. The van der Waals surface area contributed by atoms with E-state index in [0.717, 1.165) is 25.9 Å². The van der Waals surface area contributed by atoms with E-state index < -0.39 is 0 Å². The van der Waals surface area contributed by atoms with Crippen LogP contribution in [0.2, 0.25) is 10.0 Å². The number of carbonyl (C=O) groups is 1. The first-order chi connectivity index (χ1) is 9.58. The van der Waals surface area contributed by atoms with Crippen LogP contribution in [0.4, 0.5) is 5.69 Å². The van der Waals surface area contributed by atoms with E-state index in [1.807, 2.05) is 7.05 Å². The third kappa shape index (κ3) is 4.35. The zero-order valence-corrected chi connectivity index (χ0v) is 13.0. The normalized spacial score (nSPS) is 17.1. The standard InChI is InChI=1S/C14H19Cl2N3O/c1-17-10-4-6-19(7-5-10)9-14(20)18-11-2-3-12(15)13(16)8-11/h2-3,8,10,17H,4-7,9H2,1H3,(H,18,20). The molecule has 1 saturated heterocycles. The van der Waals surface area contributed by atoms with Gasteiger partial charge in [0.05, 0.1) is 16.6 Å². The van der Waals surface area contributed by atoms with Crippen LogP contribution in [0.5, 0.6) is 0 Å². The lowest BCUT2D eigenvalue weighted by molar-refractivity contribution is -0.117. The van der Waals surface area contributed by atoms with Crippen molar-refractivity contribution in [3.63, 3.8) is 0 Å². The number of amides is 1. The van der Waals surface area contributed by atoms with Crippen molar-refractivity contribution >= 4 is 34.8 Å². The number of carbonyl (C=O) groups excluding carboxylic acids is 1. The molecule has 0 bridgehead atoms. The molecule has 0 radical (unpaired) electrons. The molecule has 110 valence electrons. The molecule has 1 aromatic rings. The minimum absolute atomic E-state index is 0.0219. The third-order valence-electron chi connectivity index (χ3n) is 3.57. The minimum Gasteiger partial charge on any atom is -0.325 e. The number of halogens is 2. The molecule has 2 N–H and O–H groups in total. The number of hydrogen-bond acceptors (Lipinski definition) is 3. The average molecular weight is 316 g/mol. The van der Waals surface area contributed by atoms with Crippen molar-refractivity contribution < 1.29 is 4.79 Å². The van der Waals surface area contributed by atoms with E-state index in [-0.39, 0.29) is 5.91 Å². The van der Waals surface area contributed by atoms with Crippen LogP contribution in [0, 0.1) is 0 Å². The highest BCUT2D eigenvalue weighted by Crippen LogP contribution is 2.25. The Morgan fingerprint density at radius 3 is 2.60 bits per heavy atom. The maximum atomic E-state index is 12.0. The highest BCUT2D eigenvalue weighted by molar-refractivity contribution is 6.42. The first kappa shape index (κ1) is 15.6. The van der Waals surface area contributed by atoms with Gasteiger partial charge >= 0.3 is 0 Å². The van der Waals surface area contributed by atoms with Gasteiger partial charge in [0, 0.05) is 24.8 Å². The number of benzene rings is 1. The van der Waals surface area contributed by atoms with Crippen molar-refractivity contribution in [1.82, 2.24) is 10.2 Å². The van der Waals surface area contributed by atoms with Gasteiger partial charge in [0.2, 0.25) is 5.91 Å². The van der Waals surface area contributed by atoms with E-state index in [0.29, 0.717) is 28.3 Å². The Morgan fingerprint density at radius 1 is 1.30 bits per heavy atom. The maximum absolute atomic E-state index is 12.0. The van der Waals surface area contributed by atoms with Crippen molar-refractivity contribution in [3.8, 4) is 0 Å². The van der Waals surface area contributed by atoms with E-state index in [2.05, 4.69) is 15.5 Å². The molecule has 4 nitrogen and oxygen atoms in total. The van der Waals surface area contributed by atoms with Gasteiger partial charge in [-0.15, -0.1) is 0 Å². The zero-order chi connectivity index (χ0) is 14.5. The minimum atomic E-state index is -0.0219.